The molecule has 0 saturated heterocycles. The Morgan fingerprint density at radius 2 is 1.57 bits per heavy atom. The second-order valence-corrected chi connectivity index (χ2v) is 5.43. The fourth-order valence-corrected chi connectivity index (χ4v) is 1.09. The van der Waals surface area contributed by atoms with Gasteiger partial charge >= 0.3 is 0 Å². The van der Waals surface area contributed by atoms with Gasteiger partial charge in [0.15, 0.2) is 0 Å². The highest BCUT2D eigenvalue weighted by atomic mass is 32.2. The molecule has 0 spiro atoms. The van der Waals surface area contributed by atoms with E-state index >= 15 is 0 Å². The van der Waals surface area contributed by atoms with Crippen LogP contribution in [0.1, 0.15) is 0 Å². The highest BCUT2D eigenvalue weighted by Crippen LogP contribution is 2.05. The molecular formula is C8H12O4S2. The molecule has 4 nitrogen and oxygen atoms in total. The average Bonchev–Trinajstić information content (AvgIpc) is 2.03. The molecule has 1 aromatic carbocycles. The third kappa shape index (κ3) is 6.90. The molecule has 0 atom stereocenters. The van der Waals surface area contributed by atoms with Crippen molar-refractivity contribution < 1.29 is 17.5 Å². The molecule has 80 valence electrons. The minimum atomic E-state index is -4.00. The number of hydrogen-bond donors (Lipinski definition) is 1. The van der Waals surface area contributed by atoms with Crippen LogP contribution in [0, 0.1) is 0 Å². The van der Waals surface area contributed by atoms with Gasteiger partial charge in [0.1, 0.15) is 0 Å². The van der Waals surface area contributed by atoms with Gasteiger partial charge in [-0.1, -0.05) is 29.4 Å². The standard InChI is InChI=1S/C6H6O3S.C2H6OS/c7-10(8,9)6-4-2-1-3-5-6;1-4(2)3/h1-5H,(H,7,8,9);1-2H3. The molecule has 1 N–H and O–H groups in total. The summed E-state index contributed by atoms with van der Waals surface area (Å²) in [6.07, 6.45) is 3.28. The van der Waals surface area contributed by atoms with Crippen molar-refractivity contribution >= 4 is 21.3 Å². The molecule has 0 radical (unpaired) electrons. The van der Waals surface area contributed by atoms with Crippen molar-refractivity contribution in [1.82, 2.24) is 0 Å². The first kappa shape index (κ1) is 13.4. The molecule has 1 rings (SSSR count). The monoisotopic (exact) mass is 236 g/mol. The van der Waals surface area contributed by atoms with E-state index in [1.54, 1.807) is 30.7 Å². The predicted octanol–water partition coefficient (Wildman–Crippen LogP) is 0.928. The summed E-state index contributed by atoms with van der Waals surface area (Å²) in [4.78, 5) is -0.0741. The molecule has 1 aromatic rings. The van der Waals surface area contributed by atoms with E-state index in [2.05, 4.69) is 0 Å². The molecule has 0 amide bonds. The van der Waals surface area contributed by atoms with E-state index in [0.29, 0.717) is 0 Å². The van der Waals surface area contributed by atoms with Crippen LogP contribution in [0.5, 0.6) is 0 Å². The molecule has 0 heterocycles. The number of hydrogen-bond acceptors (Lipinski definition) is 3. The first-order chi connectivity index (χ1) is 6.34. The zero-order valence-electron chi connectivity index (χ0n) is 7.88. The van der Waals surface area contributed by atoms with Crippen molar-refractivity contribution in [3.8, 4) is 0 Å². The van der Waals surface area contributed by atoms with Crippen LogP contribution in [-0.4, -0.2) is 30.0 Å². The topological polar surface area (TPSA) is 77.4 Å². The Kier molecular flexibility index (Phi) is 5.78. The maximum absolute atomic E-state index is 10.4. The van der Waals surface area contributed by atoms with Gasteiger partial charge in [-0.2, -0.15) is 8.42 Å². The van der Waals surface area contributed by atoms with Gasteiger partial charge in [-0.25, -0.2) is 0 Å². The summed E-state index contributed by atoms with van der Waals surface area (Å²) in [6, 6.07) is 7.42. The summed E-state index contributed by atoms with van der Waals surface area (Å²) >= 11 is -0.611. The SMILES string of the molecule is C[S+](C)[O-].O=S(=O)(O)c1ccccc1. The maximum Gasteiger partial charge on any atom is 0.294 e. The lowest BCUT2D eigenvalue weighted by Crippen LogP contribution is -1.96. The van der Waals surface area contributed by atoms with Crippen LogP contribution >= 0.6 is 0 Å². The van der Waals surface area contributed by atoms with Gasteiger partial charge in [-0.3, -0.25) is 4.55 Å². The van der Waals surface area contributed by atoms with Crippen molar-refractivity contribution in [3.05, 3.63) is 30.3 Å². The Bertz CT molecular complexity index is 342. The molecule has 14 heavy (non-hydrogen) atoms. The fourth-order valence-electron chi connectivity index (χ4n) is 0.592. The van der Waals surface area contributed by atoms with Crippen molar-refractivity contribution in [1.29, 1.82) is 0 Å². The van der Waals surface area contributed by atoms with Gasteiger partial charge in [0.2, 0.25) is 0 Å². The van der Waals surface area contributed by atoms with E-state index in [1.807, 2.05) is 0 Å². The molecule has 0 aromatic heterocycles. The normalized spacial score (nSPS) is 10.6. The Labute approximate surface area is 86.9 Å². The van der Waals surface area contributed by atoms with Gasteiger partial charge in [-0.05, 0) is 12.1 Å². The number of benzene rings is 1. The third-order valence-electron chi connectivity index (χ3n) is 1.04. The summed E-state index contributed by atoms with van der Waals surface area (Å²) in [6.45, 7) is 0. The Morgan fingerprint density at radius 1 is 1.21 bits per heavy atom. The maximum atomic E-state index is 10.4. The summed E-state index contributed by atoms with van der Waals surface area (Å²) in [7, 11) is -4.00. The lowest BCUT2D eigenvalue weighted by Gasteiger charge is -1.92. The molecule has 6 heteroatoms. The Morgan fingerprint density at radius 3 is 1.79 bits per heavy atom. The minimum absolute atomic E-state index is 0.0741. The average molecular weight is 236 g/mol. The van der Waals surface area contributed by atoms with Crippen molar-refractivity contribution in [2.45, 2.75) is 4.90 Å². The molecule has 0 aliphatic carbocycles. The Balaban J connectivity index is 0.000000364. The van der Waals surface area contributed by atoms with Crippen molar-refractivity contribution in [3.63, 3.8) is 0 Å². The zero-order chi connectivity index (χ0) is 11.2. The minimum Gasteiger partial charge on any atom is -0.617 e. The van der Waals surface area contributed by atoms with Crippen LogP contribution in [0.25, 0.3) is 0 Å². The summed E-state index contributed by atoms with van der Waals surface area (Å²) in [5.41, 5.74) is 0. The van der Waals surface area contributed by atoms with Gasteiger partial charge in [0, 0.05) is 0 Å². The largest absolute Gasteiger partial charge is 0.617 e. The van der Waals surface area contributed by atoms with Gasteiger partial charge in [-0.15, -0.1) is 0 Å². The lowest BCUT2D eigenvalue weighted by atomic mass is 10.4. The predicted molar refractivity (Wildman–Crippen MR) is 56.2 cm³/mol. The summed E-state index contributed by atoms with van der Waals surface area (Å²) < 4.78 is 38.8. The van der Waals surface area contributed by atoms with E-state index in [0.717, 1.165) is 0 Å². The van der Waals surface area contributed by atoms with E-state index in [9.17, 15) is 13.0 Å². The molecule has 0 saturated carbocycles. The van der Waals surface area contributed by atoms with Gasteiger partial charge < -0.3 is 4.55 Å². The summed E-state index contributed by atoms with van der Waals surface area (Å²) in [5, 5.41) is 0. The number of rotatable bonds is 1. The lowest BCUT2D eigenvalue weighted by molar-refractivity contribution is 0.483. The van der Waals surface area contributed by atoms with Crippen LogP contribution in [0.15, 0.2) is 35.2 Å². The van der Waals surface area contributed by atoms with Gasteiger partial charge in [0.25, 0.3) is 10.1 Å². The third-order valence-corrected chi connectivity index (χ3v) is 1.91. The summed E-state index contributed by atoms with van der Waals surface area (Å²) in [5.74, 6) is 0. The van der Waals surface area contributed by atoms with Gasteiger partial charge in [0.05, 0.1) is 17.4 Å². The second kappa shape index (κ2) is 6.02. The zero-order valence-corrected chi connectivity index (χ0v) is 9.51. The van der Waals surface area contributed by atoms with Crippen molar-refractivity contribution in [2.75, 3.05) is 12.5 Å². The Hall–Kier alpha value is -0.560. The molecular weight excluding hydrogens is 224 g/mol. The quantitative estimate of drug-likeness (QED) is 0.581. The highest BCUT2D eigenvalue weighted by molar-refractivity contribution is 7.89. The van der Waals surface area contributed by atoms with Crippen LogP contribution in [0.3, 0.4) is 0 Å². The fraction of sp³-hybridized carbons (Fsp3) is 0.250. The van der Waals surface area contributed by atoms with E-state index < -0.39 is 21.3 Å². The van der Waals surface area contributed by atoms with E-state index in [4.69, 9.17) is 4.55 Å². The molecule has 0 bridgehead atoms. The van der Waals surface area contributed by atoms with E-state index in [-0.39, 0.29) is 4.90 Å². The molecule has 0 aliphatic heterocycles. The smallest absolute Gasteiger partial charge is 0.294 e. The first-order valence-corrected chi connectivity index (χ1v) is 7.02. The van der Waals surface area contributed by atoms with Crippen LogP contribution < -0.4 is 0 Å². The van der Waals surface area contributed by atoms with Crippen LogP contribution in [0.4, 0.5) is 0 Å². The van der Waals surface area contributed by atoms with Crippen molar-refractivity contribution in [2.24, 2.45) is 0 Å². The molecule has 0 aliphatic rings. The first-order valence-electron chi connectivity index (χ1n) is 3.61. The molecule has 0 fully saturated rings. The van der Waals surface area contributed by atoms with Crippen LogP contribution in [-0.2, 0) is 21.3 Å². The molecule has 0 unspecified atom stereocenters. The van der Waals surface area contributed by atoms with E-state index in [1.165, 1.54) is 12.1 Å². The highest BCUT2D eigenvalue weighted by Gasteiger charge is 2.05. The van der Waals surface area contributed by atoms with Crippen LogP contribution in [0.2, 0.25) is 0 Å². The second-order valence-electron chi connectivity index (χ2n) is 2.53.